The quantitative estimate of drug-likeness (QED) is 0.764. The number of carbonyl (C=O) groups is 1. The van der Waals surface area contributed by atoms with E-state index in [0.29, 0.717) is 6.54 Å². The van der Waals surface area contributed by atoms with Gasteiger partial charge in [0, 0.05) is 26.2 Å². The summed E-state index contributed by atoms with van der Waals surface area (Å²) in [5.41, 5.74) is -0.405. The normalized spacial score (nSPS) is 15.9. The number of hydrogen-bond donors (Lipinski definition) is 2. The maximum absolute atomic E-state index is 13.3. The summed E-state index contributed by atoms with van der Waals surface area (Å²) in [6.07, 6.45) is 0. The van der Waals surface area contributed by atoms with Gasteiger partial charge in [0.15, 0.2) is 0 Å². The molecule has 0 spiro atoms. The van der Waals surface area contributed by atoms with Crippen LogP contribution in [0.4, 0.5) is 14.5 Å². The monoisotopic (exact) mass is 299 g/mol. The number of rotatable bonds is 6. The number of carbonyl (C=O) groups excluding carboxylic acids is 1. The highest BCUT2D eigenvalue weighted by Gasteiger charge is 2.12. The molecule has 0 radical (unpaired) electrons. The summed E-state index contributed by atoms with van der Waals surface area (Å²) in [5.74, 6) is -2.03. The van der Waals surface area contributed by atoms with Gasteiger partial charge in [0.1, 0.15) is 17.3 Å². The number of nitrogens with one attached hydrogen (secondary N) is 2. The molecular formula is C14H19F2N3O2. The van der Waals surface area contributed by atoms with Gasteiger partial charge in [-0.15, -0.1) is 0 Å². The van der Waals surface area contributed by atoms with Crippen molar-refractivity contribution in [2.24, 2.45) is 0 Å². The second-order valence-corrected chi connectivity index (χ2v) is 4.78. The van der Waals surface area contributed by atoms with E-state index in [1.807, 2.05) is 0 Å². The summed E-state index contributed by atoms with van der Waals surface area (Å²) in [5, 5.41) is 5.18. The molecule has 1 aliphatic rings. The van der Waals surface area contributed by atoms with Gasteiger partial charge in [0.25, 0.3) is 0 Å². The number of para-hydroxylation sites is 1. The van der Waals surface area contributed by atoms with Crippen molar-refractivity contribution in [3.8, 4) is 0 Å². The maximum Gasteiger partial charge on any atom is 0.238 e. The second kappa shape index (κ2) is 8.02. The zero-order chi connectivity index (χ0) is 15.1. The van der Waals surface area contributed by atoms with Crippen molar-refractivity contribution < 1.29 is 18.3 Å². The third-order valence-electron chi connectivity index (χ3n) is 3.22. The van der Waals surface area contributed by atoms with Crippen molar-refractivity contribution in [2.75, 3.05) is 51.3 Å². The first-order chi connectivity index (χ1) is 10.2. The smallest absolute Gasteiger partial charge is 0.238 e. The van der Waals surface area contributed by atoms with E-state index in [9.17, 15) is 13.6 Å². The van der Waals surface area contributed by atoms with Gasteiger partial charge in [-0.2, -0.15) is 0 Å². The number of amides is 1. The van der Waals surface area contributed by atoms with E-state index in [0.717, 1.165) is 45.0 Å². The van der Waals surface area contributed by atoms with Crippen LogP contribution in [0, 0.1) is 11.6 Å². The van der Waals surface area contributed by atoms with Gasteiger partial charge in [-0.05, 0) is 12.1 Å². The molecule has 1 fully saturated rings. The molecule has 0 aliphatic carbocycles. The first-order valence-corrected chi connectivity index (χ1v) is 6.91. The summed E-state index contributed by atoms with van der Waals surface area (Å²) in [4.78, 5) is 13.9. The van der Waals surface area contributed by atoms with E-state index < -0.39 is 23.2 Å². The van der Waals surface area contributed by atoms with Crippen LogP contribution in [0.2, 0.25) is 0 Å². The summed E-state index contributed by atoms with van der Waals surface area (Å²) in [7, 11) is 0. The number of hydrogen-bond acceptors (Lipinski definition) is 4. The fourth-order valence-electron chi connectivity index (χ4n) is 2.06. The number of morpholine rings is 1. The molecule has 0 unspecified atom stereocenters. The standard InChI is InChI=1S/C14H19F2N3O2/c15-11-2-1-3-12(16)14(11)18-13(20)10-17-4-5-19-6-8-21-9-7-19/h1-3,17H,4-10H2,(H,18,20). The van der Waals surface area contributed by atoms with Crippen molar-refractivity contribution in [1.29, 1.82) is 0 Å². The molecule has 116 valence electrons. The minimum absolute atomic E-state index is 0.0120. The highest BCUT2D eigenvalue weighted by atomic mass is 19.1. The minimum atomic E-state index is -0.781. The molecule has 1 aliphatic heterocycles. The van der Waals surface area contributed by atoms with Gasteiger partial charge in [-0.25, -0.2) is 8.78 Å². The van der Waals surface area contributed by atoms with Crippen LogP contribution in [0.1, 0.15) is 0 Å². The Bertz CT molecular complexity index is 459. The van der Waals surface area contributed by atoms with Gasteiger partial charge < -0.3 is 15.4 Å². The number of ether oxygens (including phenoxy) is 1. The molecule has 1 aromatic carbocycles. The summed E-state index contributed by atoms with van der Waals surface area (Å²) < 4.78 is 31.9. The second-order valence-electron chi connectivity index (χ2n) is 4.78. The Morgan fingerprint density at radius 3 is 2.57 bits per heavy atom. The molecule has 0 aromatic heterocycles. The fourth-order valence-corrected chi connectivity index (χ4v) is 2.06. The first kappa shape index (κ1) is 15.8. The Kier molecular flexibility index (Phi) is 6.04. The van der Waals surface area contributed by atoms with E-state index >= 15 is 0 Å². The van der Waals surface area contributed by atoms with E-state index in [4.69, 9.17) is 4.74 Å². The van der Waals surface area contributed by atoms with Gasteiger partial charge in [-0.1, -0.05) is 6.07 Å². The molecule has 0 bridgehead atoms. The lowest BCUT2D eigenvalue weighted by atomic mass is 10.3. The molecule has 5 nitrogen and oxygen atoms in total. The summed E-state index contributed by atoms with van der Waals surface area (Å²) >= 11 is 0. The third-order valence-corrected chi connectivity index (χ3v) is 3.22. The topological polar surface area (TPSA) is 53.6 Å². The van der Waals surface area contributed by atoms with E-state index in [2.05, 4.69) is 15.5 Å². The van der Waals surface area contributed by atoms with Crippen LogP contribution in [-0.2, 0) is 9.53 Å². The van der Waals surface area contributed by atoms with E-state index in [1.54, 1.807) is 0 Å². The van der Waals surface area contributed by atoms with Crippen LogP contribution in [0.3, 0.4) is 0 Å². The van der Waals surface area contributed by atoms with Crippen LogP contribution in [0.5, 0.6) is 0 Å². The SMILES string of the molecule is O=C(CNCCN1CCOCC1)Nc1c(F)cccc1F. The van der Waals surface area contributed by atoms with Crippen LogP contribution < -0.4 is 10.6 Å². The third kappa shape index (κ3) is 5.04. The highest BCUT2D eigenvalue weighted by Crippen LogP contribution is 2.17. The minimum Gasteiger partial charge on any atom is -0.379 e. The average molecular weight is 299 g/mol. The molecule has 1 saturated heterocycles. The number of nitrogens with zero attached hydrogens (tertiary/aromatic N) is 1. The van der Waals surface area contributed by atoms with Crippen molar-refractivity contribution >= 4 is 11.6 Å². The predicted octanol–water partition coefficient (Wildman–Crippen LogP) is 0.825. The van der Waals surface area contributed by atoms with Gasteiger partial charge >= 0.3 is 0 Å². The van der Waals surface area contributed by atoms with Gasteiger partial charge in [-0.3, -0.25) is 9.69 Å². The molecule has 7 heteroatoms. The fraction of sp³-hybridized carbons (Fsp3) is 0.500. The molecule has 1 amide bonds. The Labute approximate surface area is 122 Å². The van der Waals surface area contributed by atoms with Crippen LogP contribution in [0.15, 0.2) is 18.2 Å². The molecule has 1 aromatic rings. The molecule has 21 heavy (non-hydrogen) atoms. The van der Waals surface area contributed by atoms with Gasteiger partial charge in [0.2, 0.25) is 5.91 Å². The lowest BCUT2D eigenvalue weighted by Crippen LogP contribution is -2.41. The molecule has 1 heterocycles. The largest absolute Gasteiger partial charge is 0.379 e. The van der Waals surface area contributed by atoms with Crippen LogP contribution >= 0.6 is 0 Å². The summed E-state index contributed by atoms with van der Waals surface area (Å²) in [6.45, 7) is 4.68. The predicted molar refractivity (Wildman–Crippen MR) is 75.1 cm³/mol. The van der Waals surface area contributed by atoms with E-state index in [-0.39, 0.29) is 6.54 Å². The van der Waals surface area contributed by atoms with Crippen molar-refractivity contribution in [2.45, 2.75) is 0 Å². The lowest BCUT2D eigenvalue weighted by Gasteiger charge is -2.26. The highest BCUT2D eigenvalue weighted by molar-refractivity contribution is 5.92. The van der Waals surface area contributed by atoms with Crippen molar-refractivity contribution in [3.63, 3.8) is 0 Å². The molecule has 2 N–H and O–H groups in total. The van der Waals surface area contributed by atoms with Crippen LogP contribution in [-0.4, -0.2) is 56.7 Å². The van der Waals surface area contributed by atoms with Crippen molar-refractivity contribution in [1.82, 2.24) is 10.2 Å². The zero-order valence-corrected chi connectivity index (χ0v) is 11.7. The number of benzene rings is 1. The Hall–Kier alpha value is -1.57. The molecule has 0 atom stereocenters. The maximum atomic E-state index is 13.3. The number of anilines is 1. The molecular weight excluding hydrogens is 280 g/mol. The first-order valence-electron chi connectivity index (χ1n) is 6.91. The Morgan fingerprint density at radius 1 is 1.24 bits per heavy atom. The Morgan fingerprint density at radius 2 is 1.90 bits per heavy atom. The number of halogens is 2. The Balaban J connectivity index is 1.67. The van der Waals surface area contributed by atoms with Gasteiger partial charge in [0.05, 0.1) is 19.8 Å². The summed E-state index contributed by atoms with van der Waals surface area (Å²) in [6, 6.07) is 3.45. The molecule has 0 saturated carbocycles. The zero-order valence-electron chi connectivity index (χ0n) is 11.7. The average Bonchev–Trinajstić information content (AvgIpc) is 2.49. The van der Waals surface area contributed by atoms with E-state index in [1.165, 1.54) is 6.07 Å². The van der Waals surface area contributed by atoms with Crippen molar-refractivity contribution in [3.05, 3.63) is 29.8 Å². The van der Waals surface area contributed by atoms with Crippen LogP contribution in [0.25, 0.3) is 0 Å². The molecule has 2 rings (SSSR count). The lowest BCUT2D eigenvalue weighted by molar-refractivity contribution is -0.115.